The largest absolute Gasteiger partial charge is 0.464 e. The fourth-order valence-corrected chi connectivity index (χ4v) is 2.28. The third kappa shape index (κ3) is 2.61. The lowest BCUT2D eigenvalue weighted by Crippen LogP contribution is -2.54. The van der Waals surface area contributed by atoms with Gasteiger partial charge >= 0.3 is 12.0 Å². The standard InChI is InChI=1S/C15H18N2O4/c1-4-21-13(19)15(2,3)17-12(18)11(16-14(17)20)10-8-6-5-7-9-10/h5-9,11H,4H2,1-3H3,(H,16,20). The van der Waals surface area contributed by atoms with Crippen LogP contribution in [0, 0.1) is 0 Å². The van der Waals surface area contributed by atoms with Crippen molar-refractivity contribution < 1.29 is 19.1 Å². The molecule has 6 nitrogen and oxygen atoms in total. The van der Waals surface area contributed by atoms with Crippen LogP contribution in [0.4, 0.5) is 4.79 Å². The normalized spacial score (nSPS) is 18.6. The molecule has 3 amide bonds. The molecule has 1 aromatic carbocycles. The van der Waals surface area contributed by atoms with E-state index in [2.05, 4.69) is 5.32 Å². The summed E-state index contributed by atoms with van der Waals surface area (Å²) in [7, 11) is 0. The summed E-state index contributed by atoms with van der Waals surface area (Å²) in [6.07, 6.45) is 0. The van der Waals surface area contributed by atoms with Crippen LogP contribution >= 0.6 is 0 Å². The first kappa shape index (κ1) is 15.0. The van der Waals surface area contributed by atoms with Crippen LogP contribution in [0.1, 0.15) is 32.4 Å². The molecule has 1 aliphatic rings. The lowest BCUT2D eigenvalue weighted by Gasteiger charge is -2.30. The van der Waals surface area contributed by atoms with Gasteiger partial charge in [-0.15, -0.1) is 0 Å². The molecule has 0 spiro atoms. The van der Waals surface area contributed by atoms with Gasteiger partial charge in [-0.1, -0.05) is 30.3 Å². The van der Waals surface area contributed by atoms with Gasteiger partial charge in [0.25, 0.3) is 5.91 Å². The average molecular weight is 290 g/mol. The zero-order chi connectivity index (χ0) is 15.6. The van der Waals surface area contributed by atoms with Crippen molar-refractivity contribution in [2.45, 2.75) is 32.4 Å². The predicted octanol–water partition coefficient (Wildman–Crippen LogP) is 1.62. The van der Waals surface area contributed by atoms with Gasteiger partial charge in [-0.25, -0.2) is 14.5 Å². The van der Waals surface area contributed by atoms with Crippen LogP contribution in [0.15, 0.2) is 30.3 Å². The first-order valence-corrected chi connectivity index (χ1v) is 6.76. The number of ether oxygens (including phenoxy) is 1. The Morgan fingerprint density at radius 2 is 1.90 bits per heavy atom. The number of amides is 3. The third-order valence-electron chi connectivity index (χ3n) is 3.41. The molecule has 0 aromatic heterocycles. The second-order valence-corrected chi connectivity index (χ2v) is 5.25. The lowest BCUT2D eigenvalue weighted by atomic mass is 10.0. The van der Waals surface area contributed by atoms with E-state index in [9.17, 15) is 14.4 Å². The summed E-state index contributed by atoms with van der Waals surface area (Å²) in [5, 5.41) is 2.60. The highest BCUT2D eigenvalue weighted by atomic mass is 16.5. The molecule has 0 saturated carbocycles. The lowest BCUT2D eigenvalue weighted by molar-refractivity contribution is -0.157. The second-order valence-electron chi connectivity index (χ2n) is 5.25. The molecular weight excluding hydrogens is 272 g/mol. The molecule has 6 heteroatoms. The smallest absolute Gasteiger partial charge is 0.332 e. The van der Waals surface area contributed by atoms with Crippen molar-refractivity contribution in [2.75, 3.05) is 6.61 Å². The number of nitrogens with one attached hydrogen (secondary N) is 1. The van der Waals surface area contributed by atoms with Crippen molar-refractivity contribution in [1.82, 2.24) is 10.2 Å². The Balaban J connectivity index is 2.29. The van der Waals surface area contributed by atoms with Gasteiger partial charge in [-0.2, -0.15) is 0 Å². The van der Waals surface area contributed by atoms with Crippen molar-refractivity contribution in [1.29, 1.82) is 0 Å². The van der Waals surface area contributed by atoms with E-state index in [1.54, 1.807) is 31.2 Å². The minimum absolute atomic E-state index is 0.189. The molecule has 0 radical (unpaired) electrons. The van der Waals surface area contributed by atoms with Crippen molar-refractivity contribution in [3.05, 3.63) is 35.9 Å². The van der Waals surface area contributed by atoms with E-state index in [1.807, 2.05) is 6.07 Å². The fourth-order valence-electron chi connectivity index (χ4n) is 2.28. The van der Waals surface area contributed by atoms with Gasteiger partial charge in [0.05, 0.1) is 6.61 Å². The summed E-state index contributed by atoms with van der Waals surface area (Å²) in [5.74, 6) is -1.06. The van der Waals surface area contributed by atoms with Gasteiger partial charge < -0.3 is 10.1 Å². The van der Waals surface area contributed by atoms with E-state index in [-0.39, 0.29) is 6.61 Å². The molecule has 1 aliphatic heterocycles. The second kappa shape index (κ2) is 5.55. The Morgan fingerprint density at radius 3 is 2.48 bits per heavy atom. The summed E-state index contributed by atoms with van der Waals surface area (Å²) < 4.78 is 4.94. The molecule has 0 bridgehead atoms. The van der Waals surface area contributed by atoms with Crippen molar-refractivity contribution in [2.24, 2.45) is 0 Å². The Bertz CT molecular complexity index is 568. The minimum Gasteiger partial charge on any atom is -0.464 e. The van der Waals surface area contributed by atoms with Crippen LogP contribution in [-0.2, 0) is 14.3 Å². The summed E-state index contributed by atoms with van der Waals surface area (Å²) >= 11 is 0. The van der Waals surface area contributed by atoms with Crippen LogP contribution in [0.3, 0.4) is 0 Å². The van der Waals surface area contributed by atoms with Crippen molar-refractivity contribution in [3.8, 4) is 0 Å². The number of nitrogens with zero attached hydrogens (tertiary/aromatic N) is 1. The number of carbonyl (C=O) groups is 3. The minimum atomic E-state index is -1.35. The Morgan fingerprint density at radius 1 is 1.29 bits per heavy atom. The van der Waals surface area contributed by atoms with Crippen molar-refractivity contribution in [3.63, 3.8) is 0 Å². The topological polar surface area (TPSA) is 75.7 Å². The molecular formula is C15H18N2O4. The van der Waals surface area contributed by atoms with Gasteiger partial charge in [-0.05, 0) is 26.3 Å². The van der Waals surface area contributed by atoms with Crippen LogP contribution in [-0.4, -0.2) is 35.0 Å². The van der Waals surface area contributed by atoms with E-state index in [4.69, 9.17) is 4.74 Å². The zero-order valence-electron chi connectivity index (χ0n) is 12.3. The highest BCUT2D eigenvalue weighted by Crippen LogP contribution is 2.28. The van der Waals surface area contributed by atoms with E-state index in [0.29, 0.717) is 5.56 Å². The van der Waals surface area contributed by atoms with Gasteiger partial charge in [0.15, 0.2) is 0 Å². The number of benzene rings is 1. The number of esters is 1. The Hall–Kier alpha value is -2.37. The SMILES string of the molecule is CCOC(=O)C(C)(C)N1C(=O)NC(c2ccccc2)C1=O. The number of urea groups is 1. The summed E-state index contributed by atoms with van der Waals surface area (Å²) in [5.41, 5.74) is -0.668. The molecule has 1 unspecified atom stereocenters. The Kier molecular flexibility index (Phi) is 3.97. The van der Waals surface area contributed by atoms with Crippen LogP contribution in [0.5, 0.6) is 0 Å². The van der Waals surface area contributed by atoms with E-state index in [1.165, 1.54) is 13.8 Å². The summed E-state index contributed by atoms with van der Waals surface area (Å²) in [6, 6.07) is 7.54. The molecule has 0 aliphatic carbocycles. The summed E-state index contributed by atoms with van der Waals surface area (Å²) in [6.45, 7) is 4.85. The first-order chi connectivity index (χ1) is 9.89. The quantitative estimate of drug-likeness (QED) is 0.675. The third-order valence-corrected chi connectivity index (χ3v) is 3.41. The highest BCUT2D eigenvalue weighted by molar-refractivity contribution is 6.08. The number of hydrogen-bond donors (Lipinski definition) is 1. The summed E-state index contributed by atoms with van der Waals surface area (Å²) in [4.78, 5) is 37.5. The number of carbonyl (C=O) groups excluding carboxylic acids is 3. The maximum absolute atomic E-state index is 12.5. The number of hydrogen-bond acceptors (Lipinski definition) is 4. The average Bonchev–Trinajstić information content (AvgIpc) is 2.75. The van der Waals surface area contributed by atoms with Crippen molar-refractivity contribution >= 4 is 17.9 Å². The number of imide groups is 1. The molecule has 1 N–H and O–H groups in total. The molecule has 1 heterocycles. The van der Waals surface area contributed by atoms with Gasteiger partial charge in [0.2, 0.25) is 0 Å². The molecule has 2 rings (SSSR count). The molecule has 1 aromatic rings. The molecule has 21 heavy (non-hydrogen) atoms. The van der Waals surface area contributed by atoms with Crippen LogP contribution in [0.25, 0.3) is 0 Å². The van der Waals surface area contributed by atoms with Crippen LogP contribution in [0.2, 0.25) is 0 Å². The number of rotatable bonds is 4. The van der Waals surface area contributed by atoms with Gasteiger partial charge in [-0.3, -0.25) is 4.79 Å². The molecule has 1 atom stereocenters. The van der Waals surface area contributed by atoms with E-state index < -0.39 is 29.5 Å². The molecule has 1 saturated heterocycles. The Labute approximate surface area is 123 Å². The maximum atomic E-state index is 12.5. The van der Waals surface area contributed by atoms with E-state index >= 15 is 0 Å². The van der Waals surface area contributed by atoms with Crippen LogP contribution < -0.4 is 5.32 Å². The first-order valence-electron chi connectivity index (χ1n) is 6.76. The van der Waals surface area contributed by atoms with Gasteiger partial charge in [0.1, 0.15) is 11.6 Å². The predicted molar refractivity (Wildman–Crippen MR) is 75.3 cm³/mol. The molecule has 1 fully saturated rings. The maximum Gasteiger partial charge on any atom is 0.332 e. The van der Waals surface area contributed by atoms with Gasteiger partial charge in [0, 0.05) is 0 Å². The fraction of sp³-hybridized carbons (Fsp3) is 0.400. The zero-order valence-corrected chi connectivity index (χ0v) is 12.3. The monoisotopic (exact) mass is 290 g/mol. The van der Waals surface area contributed by atoms with E-state index in [0.717, 1.165) is 4.90 Å². The molecule has 112 valence electrons. The highest BCUT2D eigenvalue weighted by Gasteiger charge is 2.50.